The van der Waals surface area contributed by atoms with Crippen LogP contribution < -0.4 is 5.14 Å². The molecule has 5 nitrogen and oxygen atoms in total. The molecule has 1 aromatic carbocycles. The molecule has 0 atom stereocenters. The van der Waals surface area contributed by atoms with Gasteiger partial charge < -0.3 is 4.74 Å². The number of carbonyl (C=O) groups is 1. The molecule has 0 amide bonds. The van der Waals surface area contributed by atoms with Crippen molar-refractivity contribution in [3.05, 3.63) is 29.3 Å². The second-order valence-corrected chi connectivity index (χ2v) is 4.57. The molecule has 0 heterocycles. The van der Waals surface area contributed by atoms with Gasteiger partial charge in [-0.25, -0.2) is 18.4 Å². The fourth-order valence-electron chi connectivity index (χ4n) is 1.16. The quantitative estimate of drug-likeness (QED) is 0.745. The molecular weight excluding hydrogens is 218 g/mol. The third kappa shape index (κ3) is 2.54. The normalized spacial score (nSPS) is 11.1. The van der Waals surface area contributed by atoms with Gasteiger partial charge in [-0.15, -0.1) is 0 Å². The summed E-state index contributed by atoms with van der Waals surface area (Å²) in [6.07, 6.45) is 0. The maximum absolute atomic E-state index is 11.3. The minimum Gasteiger partial charge on any atom is -0.465 e. The van der Waals surface area contributed by atoms with E-state index in [0.29, 0.717) is 0 Å². The van der Waals surface area contributed by atoms with Crippen molar-refractivity contribution in [2.45, 2.75) is 11.8 Å². The molecule has 2 N–H and O–H groups in total. The number of rotatable bonds is 2. The summed E-state index contributed by atoms with van der Waals surface area (Å²) in [5, 5.41) is 4.96. The fraction of sp³-hybridized carbons (Fsp3) is 0.222. The molecule has 1 rings (SSSR count). The highest BCUT2D eigenvalue weighted by molar-refractivity contribution is 7.89. The molecule has 0 radical (unpaired) electrons. The molecule has 15 heavy (non-hydrogen) atoms. The average Bonchev–Trinajstić information content (AvgIpc) is 2.14. The number of benzene rings is 1. The molecule has 0 bridgehead atoms. The number of carbonyl (C=O) groups excluding carboxylic acids is 1. The Balaban J connectivity index is 3.47. The number of sulfonamides is 1. The molecule has 0 aliphatic rings. The number of hydrogen-bond donors (Lipinski definition) is 1. The van der Waals surface area contributed by atoms with E-state index in [9.17, 15) is 13.2 Å². The molecule has 0 spiro atoms. The van der Waals surface area contributed by atoms with Crippen LogP contribution in [0.25, 0.3) is 0 Å². The third-order valence-electron chi connectivity index (χ3n) is 1.85. The first-order valence-electron chi connectivity index (χ1n) is 4.08. The Morgan fingerprint density at radius 2 is 2.00 bits per heavy atom. The molecular formula is C9H11NO4S. The monoisotopic (exact) mass is 229 g/mol. The van der Waals surface area contributed by atoms with Crippen LogP contribution in [0.1, 0.15) is 15.9 Å². The van der Waals surface area contributed by atoms with E-state index >= 15 is 0 Å². The minimum absolute atomic E-state index is 0.0417. The second kappa shape index (κ2) is 4.00. The maximum Gasteiger partial charge on any atom is 0.339 e. The van der Waals surface area contributed by atoms with Crippen LogP contribution in [0, 0.1) is 6.92 Å². The fourth-order valence-corrected chi connectivity index (χ4v) is 1.87. The largest absolute Gasteiger partial charge is 0.465 e. The number of hydrogen-bond acceptors (Lipinski definition) is 4. The first kappa shape index (κ1) is 11.7. The van der Waals surface area contributed by atoms with Crippen molar-refractivity contribution in [1.82, 2.24) is 0 Å². The Morgan fingerprint density at radius 3 is 2.47 bits per heavy atom. The number of primary sulfonamides is 1. The minimum atomic E-state index is -3.91. The van der Waals surface area contributed by atoms with E-state index in [0.717, 1.165) is 5.56 Å². The number of esters is 1. The average molecular weight is 229 g/mol. The second-order valence-electron chi connectivity index (χ2n) is 3.04. The van der Waals surface area contributed by atoms with Crippen LogP contribution in [-0.2, 0) is 14.8 Å². The van der Waals surface area contributed by atoms with Crippen molar-refractivity contribution in [1.29, 1.82) is 0 Å². The van der Waals surface area contributed by atoms with Crippen molar-refractivity contribution >= 4 is 16.0 Å². The van der Waals surface area contributed by atoms with Gasteiger partial charge in [0, 0.05) is 0 Å². The third-order valence-corrected chi connectivity index (χ3v) is 2.82. The zero-order valence-corrected chi connectivity index (χ0v) is 9.17. The molecule has 0 aliphatic carbocycles. The Morgan fingerprint density at radius 1 is 1.40 bits per heavy atom. The number of nitrogens with two attached hydrogens (primary N) is 1. The van der Waals surface area contributed by atoms with Crippen LogP contribution in [0.15, 0.2) is 23.1 Å². The van der Waals surface area contributed by atoms with E-state index in [-0.39, 0.29) is 10.5 Å². The Kier molecular flexibility index (Phi) is 3.11. The molecule has 0 unspecified atom stereocenters. The summed E-state index contributed by atoms with van der Waals surface area (Å²) in [4.78, 5) is 11.1. The first-order chi connectivity index (χ1) is 6.86. The highest BCUT2D eigenvalue weighted by Crippen LogP contribution is 2.16. The molecule has 0 aliphatic heterocycles. The molecule has 1 aromatic rings. The lowest BCUT2D eigenvalue weighted by Crippen LogP contribution is -2.17. The van der Waals surface area contributed by atoms with E-state index in [2.05, 4.69) is 4.74 Å². The maximum atomic E-state index is 11.3. The summed E-state index contributed by atoms with van der Waals surface area (Å²) in [6, 6.07) is 4.27. The Labute approximate surface area is 87.9 Å². The molecule has 0 aromatic heterocycles. The van der Waals surface area contributed by atoms with Crippen molar-refractivity contribution in [3.63, 3.8) is 0 Å². The lowest BCUT2D eigenvalue weighted by molar-refractivity contribution is 0.0596. The SMILES string of the molecule is COC(=O)c1cc(C)ccc1S(N)(=O)=O. The van der Waals surface area contributed by atoms with Crippen molar-refractivity contribution < 1.29 is 17.9 Å². The van der Waals surface area contributed by atoms with Crippen molar-refractivity contribution in [2.75, 3.05) is 7.11 Å². The predicted molar refractivity (Wildman–Crippen MR) is 53.9 cm³/mol. The van der Waals surface area contributed by atoms with Gasteiger partial charge in [-0.1, -0.05) is 11.6 Å². The van der Waals surface area contributed by atoms with Gasteiger partial charge >= 0.3 is 5.97 Å². The lowest BCUT2D eigenvalue weighted by Gasteiger charge is -2.06. The standard InChI is InChI=1S/C9H11NO4S/c1-6-3-4-8(15(10,12)13)7(5-6)9(11)14-2/h3-5H,1-2H3,(H2,10,12,13). The van der Waals surface area contributed by atoms with Gasteiger partial charge in [-0.05, 0) is 19.1 Å². The molecule has 82 valence electrons. The van der Waals surface area contributed by atoms with E-state index < -0.39 is 16.0 Å². The highest BCUT2D eigenvalue weighted by atomic mass is 32.2. The van der Waals surface area contributed by atoms with Gasteiger partial charge in [0.15, 0.2) is 0 Å². The van der Waals surface area contributed by atoms with Gasteiger partial charge in [0.05, 0.1) is 17.6 Å². The smallest absolute Gasteiger partial charge is 0.339 e. The van der Waals surface area contributed by atoms with Crippen LogP contribution in [0.3, 0.4) is 0 Å². The summed E-state index contributed by atoms with van der Waals surface area (Å²) in [5.74, 6) is -0.720. The zero-order valence-electron chi connectivity index (χ0n) is 8.35. The highest BCUT2D eigenvalue weighted by Gasteiger charge is 2.19. The summed E-state index contributed by atoms with van der Waals surface area (Å²) in [6.45, 7) is 1.74. The van der Waals surface area contributed by atoms with Crippen molar-refractivity contribution in [3.8, 4) is 0 Å². The van der Waals surface area contributed by atoms with Gasteiger partial charge in [0.1, 0.15) is 0 Å². The zero-order chi connectivity index (χ0) is 11.6. The lowest BCUT2D eigenvalue weighted by atomic mass is 10.1. The number of methoxy groups -OCH3 is 1. The summed E-state index contributed by atoms with van der Waals surface area (Å²) in [5.41, 5.74) is 0.711. The molecule has 0 saturated heterocycles. The van der Waals surface area contributed by atoms with Gasteiger partial charge in [-0.2, -0.15) is 0 Å². The van der Waals surface area contributed by atoms with E-state index in [4.69, 9.17) is 5.14 Å². The van der Waals surface area contributed by atoms with E-state index in [1.54, 1.807) is 13.0 Å². The Hall–Kier alpha value is -1.40. The Bertz CT molecular complexity index is 493. The van der Waals surface area contributed by atoms with E-state index in [1.165, 1.54) is 19.2 Å². The topological polar surface area (TPSA) is 86.5 Å². The van der Waals surface area contributed by atoms with E-state index in [1.807, 2.05) is 0 Å². The van der Waals surface area contributed by atoms with Crippen LogP contribution in [0.5, 0.6) is 0 Å². The summed E-state index contributed by atoms with van der Waals surface area (Å²) >= 11 is 0. The van der Waals surface area contributed by atoms with Crippen LogP contribution in [-0.4, -0.2) is 21.5 Å². The van der Waals surface area contributed by atoms with Gasteiger partial charge in [-0.3, -0.25) is 0 Å². The molecule has 0 saturated carbocycles. The summed E-state index contributed by atoms with van der Waals surface area (Å²) < 4.78 is 26.8. The first-order valence-corrected chi connectivity index (χ1v) is 5.62. The van der Waals surface area contributed by atoms with Crippen LogP contribution in [0.4, 0.5) is 0 Å². The predicted octanol–water partition coefficient (Wildman–Crippen LogP) is 0.429. The van der Waals surface area contributed by atoms with Gasteiger partial charge in [0.25, 0.3) is 0 Å². The van der Waals surface area contributed by atoms with Crippen molar-refractivity contribution in [2.24, 2.45) is 5.14 Å². The number of ether oxygens (including phenoxy) is 1. The summed E-state index contributed by atoms with van der Waals surface area (Å²) in [7, 11) is -2.73. The number of aryl methyl sites for hydroxylation is 1. The van der Waals surface area contributed by atoms with Crippen LogP contribution in [0.2, 0.25) is 0 Å². The van der Waals surface area contributed by atoms with Gasteiger partial charge in [0.2, 0.25) is 10.0 Å². The van der Waals surface area contributed by atoms with Crippen LogP contribution >= 0.6 is 0 Å². The molecule has 6 heteroatoms. The molecule has 0 fully saturated rings.